The predicted octanol–water partition coefficient (Wildman–Crippen LogP) is 3.16. The predicted molar refractivity (Wildman–Crippen MR) is 112 cm³/mol. The number of hydrogen-bond acceptors (Lipinski definition) is 5. The van der Waals surface area contributed by atoms with Crippen molar-refractivity contribution < 1.29 is 14.3 Å². The van der Waals surface area contributed by atoms with Crippen molar-refractivity contribution in [2.24, 2.45) is 0 Å². The molecule has 0 aliphatic carbocycles. The molecule has 2 aromatic rings. The number of carbonyl (C=O) groups excluding carboxylic acids is 2. The summed E-state index contributed by atoms with van der Waals surface area (Å²) in [7, 11) is 1.67. The topological polar surface area (TPSA) is 53.1 Å². The number of ketones is 1. The number of fused-ring (bicyclic) bond motifs is 1. The Morgan fingerprint density at radius 3 is 2.54 bits per heavy atom. The number of hydrogen-bond donors (Lipinski definition) is 0. The highest BCUT2D eigenvalue weighted by atomic mass is 79.9. The van der Waals surface area contributed by atoms with Gasteiger partial charge in [0.25, 0.3) is 5.78 Å². The molecule has 0 aromatic heterocycles. The first-order valence-electron chi connectivity index (χ1n) is 9.34. The summed E-state index contributed by atoms with van der Waals surface area (Å²) in [4.78, 5) is 31.0. The van der Waals surface area contributed by atoms with E-state index in [0.717, 1.165) is 42.8 Å². The highest BCUT2D eigenvalue weighted by Crippen LogP contribution is 2.32. The second-order valence-corrected chi connectivity index (χ2v) is 7.94. The van der Waals surface area contributed by atoms with Gasteiger partial charge in [-0.25, -0.2) is 0 Å². The van der Waals surface area contributed by atoms with Gasteiger partial charge in [0.15, 0.2) is 0 Å². The molecule has 4 rings (SSSR count). The van der Waals surface area contributed by atoms with Gasteiger partial charge >= 0.3 is 5.91 Å². The maximum Gasteiger partial charge on any atom is 0.300 e. The van der Waals surface area contributed by atoms with Gasteiger partial charge in [0, 0.05) is 36.3 Å². The average molecular weight is 444 g/mol. The van der Waals surface area contributed by atoms with Crippen LogP contribution < -0.4 is 14.5 Å². The van der Waals surface area contributed by atoms with Crippen LogP contribution in [0.2, 0.25) is 0 Å². The van der Waals surface area contributed by atoms with E-state index in [1.54, 1.807) is 24.1 Å². The third-order valence-corrected chi connectivity index (χ3v) is 5.80. The fourth-order valence-corrected chi connectivity index (χ4v) is 4.12. The summed E-state index contributed by atoms with van der Waals surface area (Å²) in [6.45, 7) is 3.97. The number of Topliss-reactive ketones (excluding diaryl/α,β-unsaturated/α-hetero) is 1. The van der Waals surface area contributed by atoms with E-state index in [1.807, 2.05) is 18.2 Å². The summed E-state index contributed by atoms with van der Waals surface area (Å²) in [5.41, 5.74) is 2.35. The van der Waals surface area contributed by atoms with Crippen molar-refractivity contribution in [2.75, 3.05) is 49.8 Å². The Balaban J connectivity index is 1.45. The van der Waals surface area contributed by atoms with Crippen LogP contribution in [-0.2, 0) is 4.79 Å². The standard InChI is InChI=1S/C21H22BrN3O3/c1-28-17-6-4-16(5-7-17)24-10-2-9-23(11-12-24)14-25-19-13-15(22)3-8-18(19)20(26)21(25)27/h3-8,13H,2,9-12,14H2,1H3. The third kappa shape index (κ3) is 3.64. The Morgan fingerprint density at radius 1 is 1.00 bits per heavy atom. The molecule has 0 atom stereocenters. The van der Waals surface area contributed by atoms with E-state index in [2.05, 4.69) is 37.9 Å². The number of methoxy groups -OCH3 is 1. The average Bonchev–Trinajstić information content (AvgIpc) is 2.87. The highest BCUT2D eigenvalue weighted by molar-refractivity contribution is 9.10. The van der Waals surface area contributed by atoms with Gasteiger partial charge in [0.1, 0.15) is 5.75 Å². The Bertz CT molecular complexity index is 900. The molecular weight excluding hydrogens is 422 g/mol. The van der Waals surface area contributed by atoms with Gasteiger partial charge in [-0.15, -0.1) is 0 Å². The van der Waals surface area contributed by atoms with E-state index in [4.69, 9.17) is 4.74 Å². The molecule has 2 aliphatic heterocycles. The van der Waals surface area contributed by atoms with E-state index in [0.29, 0.717) is 17.9 Å². The molecule has 146 valence electrons. The van der Waals surface area contributed by atoms with Crippen LogP contribution in [0.25, 0.3) is 0 Å². The lowest BCUT2D eigenvalue weighted by Gasteiger charge is -2.27. The number of benzene rings is 2. The van der Waals surface area contributed by atoms with Crippen LogP contribution in [0.5, 0.6) is 5.75 Å². The fraction of sp³-hybridized carbons (Fsp3) is 0.333. The van der Waals surface area contributed by atoms with Crippen molar-refractivity contribution >= 4 is 39.0 Å². The molecule has 0 bridgehead atoms. The smallest absolute Gasteiger partial charge is 0.300 e. The molecule has 2 aliphatic rings. The van der Waals surface area contributed by atoms with Crippen LogP contribution in [0.1, 0.15) is 16.8 Å². The zero-order valence-electron chi connectivity index (χ0n) is 15.7. The van der Waals surface area contributed by atoms with Crippen molar-refractivity contribution in [3.8, 4) is 5.75 Å². The molecule has 6 nitrogen and oxygen atoms in total. The number of ether oxygens (including phenoxy) is 1. The minimum Gasteiger partial charge on any atom is -0.497 e. The van der Waals surface area contributed by atoms with Crippen LogP contribution in [0, 0.1) is 0 Å². The SMILES string of the molecule is COc1ccc(N2CCCN(CN3C(=O)C(=O)c4ccc(Br)cc43)CC2)cc1. The molecule has 1 fully saturated rings. The summed E-state index contributed by atoms with van der Waals surface area (Å²) >= 11 is 3.44. The normalized spacial score (nSPS) is 17.6. The number of nitrogens with zero attached hydrogens (tertiary/aromatic N) is 3. The lowest BCUT2D eigenvalue weighted by molar-refractivity contribution is -0.114. The van der Waals surface area contributed by atoms with Gasteiger partial charge in [-0.1, -0.05) is 15.9 Å². The van der Waals surface area contributed by atoms with Gasteiger partial charge in [-0.2, -0.15) is 0 Å². The number of carbonyl (C=O) groups is 2. The lowest BCUT2D eigenvalue weighted by atomic mass is 10.1. The zero-order chi connectivity index (χ0) is 19.7. The second kappa shape index (κ2) is 7.93. The first kappa shape index (κ1) is 19.0. The van der Waals surface area contributed by atoms with Gasteiger partial charge in [0.2, 0.25) is 0 Å². The Morgan fingerprint density at radius 2 is 1.79 bits per heavy atom. The van der Waals surface area contributed by atoms with Crippen molar-refractivity contribution in [3.05, 3.63) is 52.5 Å². The molecule has 0 spiro atoms. The Hall–Kier alpha value is -2.38. The summed E-state index contributed by atoms with van der Waals surface area (Å²) in [6, 6.07) is 13.5. The molecule has 28 heavy (non-hydrogen) atoms. The minimum atomic E-state index is -0.440. The zero-order valence-corrected chi connectivity index (χ0v) is 17.3. The molecule has 2 aromatic carbocycles. The Kier molecular flexibility index (Phi) is 5.37. The van der Waals surface area contributed by atoms with Crippen LogP contribution in [0.15, 0.2) is 46.9 Å². The molecule has 1 amide bonds. The maximum absolute atomic E-state index is 12.5. The molecule has 0 N–H and O–H groups in total. The molecule has 2 heterocycles. The van der Waals surface area contributed by atoms with Gasteiger partial charge in [-0.3, -0.25) is 19.4 Å². The molecule has 0 unspecified atom stereocenters. The fourth-order valence-electron chi connectivity index (χ4n) is 3.77. The van der Waals surface area contributed by atoms with Crippen molar-refractivity contribution in [1.82, 2.24) is 4.90 Å². The van der Waals surface area contributed by atoms with E-state index >= 15 is 0 Å². The number of rotatable bonds is 4. The van der Waals surface area contributed by atoms with Gasteiger partial charge < -0.3 is 9.64 Å². The largest absolute Gasteiger partial charge is 0.497 e. The van der Waals surface area contributed by atoms with E-state index in [1.165, 1.54) is 5.69 Å². The molecule has 7 heteroatoms. The first-order valence-corrected chi connectivity index (χ1v) is 10.1. The van der Waals surface area contributed by atoms with E-state index < -0.39 is 11.7 Å². The van der Waals surface area contributed by atoms with Gasteiger partial charge in [0.05, 0.1) is 25.0 Å². The molecular formula is C21H22BrN3O3. The molecule has 0 saturated carbocycles. The number of anilines is 2. The highest BCUT2D eigenvalue weighted by Gasteiger charge is 2.36. The van der Waals surface area contributed by atoms with Crippen molar-refractivity contribution in [2.45, 2.75) is 6.42 Å². The van der Waals surface area contributed by atoms with Crippen LogP contribution >= 0.6 is 15.9 Å². The van der Waals surface area contributed by atoms with Crippen molar-refractivity contribution in [3.63, 3.8) is 0 Å². The Labute approximate surface area is 172 Å². The van der Waals surface area contributed by atoms with Gasteiger partial charge in [-0.05, 0) is 48.9 Å². The lowest BCUT2D eigenvalue weighted by Crippen LogP contribution is -2.42. The number of amides is 1. The summed E-state index contributed by atoms with van der Waals surface area (Å²) in [5, 5.41) is 0. The van der Waals surface area contributed by atoms with Crippen LogP contribution in [0.4, 0.5) is 11.4 Å². The minimum absolute atomic E-state index is 0.419. The van der Waals surface area contributed by atoms with E-state index in [9.17, 15) is 9.59 Å². The maximum atomic E-state index is 12.5. The summed E-state index contributed by atoms with van der Waals surface area (Å²) in [5.74, 6) is -0.0104. The summed E-state index contributed by atoms with van der Waals surface area (Å²) < 4.78 is 6.09. The monoisotopic (exact) mass is 443 g/mol. The number of halogens is 1. The van der Waals surface area contributed by atoms with E-state index in [-0.39, 0.29) is 0 Å². The van der Waals surface area contributed by atoms with Crippen LogP contribution in [-0.4, -0.2) is 56.5 Å². The molecule has 0 radical (unpaired) electrons. The third-order valence-electron chi connectivity index (χ3n) is 5.30. The first-order chi connectivity index (χ1) is 13.6. The van der Waals surface area contributed by atoms with Crippen LogP contribution in [0.3, 0.4) is 0 Å². The molecule has 1 saturated heterocycles. The van der Waals surface area contributed by atoms with Crippen molar-refractivity contribution in [1.29, 1.82) is 0 Å². The summed E-state index contributed by atoms with van der Waals surface area (Å²) in [6.07, 6.45) is 0.993. The quantitative estimate of drug-likeness (QED) is 0.679. The second-order valence-electron chi connectivity index (χ2n) is 7.02.